The first-order chi connectivity index (χ1) is 20.1. The van der Waals surface area contributed by atoms with Crippen molar-refractivity contribution < 1.29 is 45.5 Å². The fraction of sp³-hybridized carbons (Fsp3) is 0.536. The van der Waals surface area contributed by atoms with Crippen LogP contribution in [-0.4, -0.2) is 46.3 Å². The molecule has 7 nitrogen and oxygen atoms in total. The summed E-state index contributed by atoms with van der Waals surface area (Å²) in [5, 5.41) is 4.12. The van der Waals surface area contributed by atoms with Crippen molar-refractivity contribution in [3.63, 3.8) is 0 Å². The van der Waals surface area contributed by atoms with Crippen LogP contribution in [0.25, 0.3) is 0 Å². The molecule has 0 aromatic heterocycles. The van der Waals surface area contributed by atoms with Crippen LogP contribution in [-0.2, 0) is 14.4 Å². The molecule has 2 aliphatic rings. The summed E-state index contributed by atoms with van der Waals surface area (Å²) in [4.78, 5) is 30.8. The zero-order chi connectivity index (χ0) is 33.7. The van der Waals surface area contributed by atoms with Crippen LogP contribution in [0.5, 0.6) is 0 Å². The number of carbonyl (C=O) groups is 2. The summed E-state index contributed by atoms with van der Waals surface area (Å²) >= 11 is 18.6. The van der Waals surface area contributed by atoms with E-state index in [-0.39, 0.29) is 26.5 Å². The lowest BCUT2D eigenvalue weighted by atomic mass is 9.73. The van der Waals surface area contributed by atoms with E-state index in [4.69, 9.17) is 44.4 Å². The normalized spacial score (nSPS) is 23.5. The van der Waals surface area contributed by atoms with Gasteiger partial charge in [0.05, 0.1) is 16.4 Å². The van der Waals surface area contributed by atoms with E-state index in [0.29, 0.717) is 5.01 Å². The molecular formula is C28H32Cl3F6N3O4. The van der Waals surface area contributed by atoms with E-state index in [1.165, 1.54) is 52.0 Å². The standard InChI is InChI=1S/C28H32Cl3F6N3O4/c1-6-8-20(30)22(40(24(42)43-25(3,4)5)38-23(41)9-7-12-27(32,33)34)11-10-18-15-26(44-39-18,28(35,36)37)19-13-17(29)14-21(31)16(19)2/h6,8,10-11,13-14,16,19H,7,9,12,15H2,1-5H3,(H,38,41)/b8-6-,11-10+,22-20-. The Hall–Kier alpha value is -2.64. The molecular weight excluding hydrogens is 663 g/mol. The molecule has 1 N–H and O–H groups in total. The molecule has 1 aliphatic heterocycles. The molecule has 44 heavy (non-hydrogen) atoms. The number of alkyl halides is 6. The van der Waals surface area contributed by atoms with E-state index in [1.54, 1.807) is 6.92 Å². The van der Waals surface area contributed by atoms with E-state index in [2.05, 4.69) is 10.6 Å². The first-order valence-electron chi connectivity index (χ1n) is 13.3. The highest BCUT2D eigenvalue weighted by atomic mass is 35.5. The minimum Gasteiger partial charge on any atom is -0.442 e. The van der Waals surface area contributed by atoms with Gasteiger partial charge in [-0.15, -0.1) is 0 Å². The summed E-state index contributed by atoms with van der Waals surface area (Å²) < 4.78 is 86.8. The van der Waals surface area contributed by atoms with Crippen LogP contribution in [0.15, 0.2) is 62.4 Å². The van der Waals surface area contributed by atoms with Gasteiger partial charge in [0.1, 0.15) is 5.60 Å². The second-order valence-electron chi connectivity index (χ2n) is 11.0. The summed E-state index contributed by atoms with van der Waals surface area (Å²) in [6.45, 7) is 7.64. The zero-order valence-electron chi connectivity index (χ0n) is 24.4. The van der Waals surface area contributed by atoms with Gasteiger partial charge in [-0.2, -0.15) is 31.4 Å². The number of ether oxygens (including phenoxy) is 1. The molecule has 0 radical (unpaired) electrons. The molecule has 0 saturated heterocycles. The van der Waals surface area contributed by atoms with Crippen molar-refractivity contribution in [2.45, 2.75) is 83.9 Å². The lowest BCUT2D eigenvalue weighted by Gasteiger charge is -2.39. The number of halogens is 9. The van der Waals surface area contributed by atoms with Crippen molar-refractivity contribution in [3.05, 3.63) is 57.3 Å². The van der Waals surface area contributed by atoms with Crippen LogP contribution in [0.4, 0.5) is 31.1 Å². The predicted molar refractivity (Wildman–Crippen MR) is 155 cm³/mol. The van der Waals surface area contributed by atoms with Crippen LogP contribution >= 0.6 is 34.8 Å². The lowest BCUT2D eigenvalue weighted by Crippen LogP contribution is -2.53. The highest BCUT2D eigenvalue weighted by Gasteiger charge is 2.66. The molecule has 0 bridgehead atoms. The zero-order valence-corrected chi connectivity index (χ0v) is 26.6. The summed E-state index contributed by atoms with van der Waals surface area (Å²) in [7, 11) is 0. The molecule has 2 rings (SSSR count). The Kier molecular flexibility index (Phi) is 12.5. The number of carbonyl (C=O) groups excluding carboxylic acids is 2. The van der Waals surface area contributed by atoms with Gasteiger partial charge in [0, 0.05) is 41.2 Å². The maximum atomic E-state index is 14.6. The van der Waals surface area contributed by atoms with Crippen LogP contribution in [0.1, 0.15) is 60.3 Å². The molecule has 246 valence electrons. The third-order valence-corrected chi connectivity index (χ3v) is 7.29. The van der Waals surface area contributed by atoms with E-state index in [0.717, 1.165) is 12.2 Å². The molecule has 0 fully saturated rings. The average Bonchev–Trinajstić information content (AvgIpc) is 3.29. The maximum Gasteiger partial charge on any atom is 0.434 e. The SMILES string of the molecule is C\C=C/C(Cl)=C(\C=C\C1=NOC(C2C=C(Cl)C=C(Cl)C2C)(C(F)(F)F)C1)N(NC(=O)CCCC(F)(F)F)C(=O)OC(C)(C)C. The highest BCUT2D eigenvalue weighted by molar-refractivity contribution is 6.35. The molecule has 0 aromatic carbocycles. The highest BCUT2D eigenvalue weighted by Crippen LogP contribution is 2.52. The van der Waals surface area contributed by atoms with Gasteiger partial charge in [0.15, 0.2) is 0 Å². The van der Waals surface area contributed by atoms with Crippen molar-refractivity contribution >= 4 is 52.5 Å². The van der Waals surface area contributed by atoms with Gasteiger partial charge >= 0.3 is 18.4 Å². The Morgan fingerprint density at radius 1 is 1.18 bits per heavy atom. The topological polar surface area (TPSA) is 80.2 Å². The second kappa shape index (κ2) is 14.6. The van der Waals surface area contributed by atoms with E-state index < -0.39 is 73.1 Å². The van der Waals surface area contributed by atoms with Gasteiger partial charge in [-0.05, 0) is 58.4 Å². The Labute approximate surface area is 266 Å². The number of hydrazine groups is 1. The quantitative estimate of drug-likeness (QED) is 0.156. The van der Waals surface area contributed by atoms with Crippen LogP contribution in [0.3, 0.4) is 0 Å². The summed E-state index contributed by atoms with van der Waals surface area (Å²) in [5.41, 5.74) is -2.24. The number of amides is 2. The number of nitrogens with zero attached hydrogens (tertiary/aromatic N) is 2. The first-order valence-corrected chi connectivity index (χ1v) is 14.4. The van der Waals surface area contributed by atoms with E-state index >= 15 is 0 Å². The average molecular weight is 695 g/mol. The molecule has 0 spiro atoms. The minimum atomic E-state index is -4.93. The van der Waals surface area contributed by atoms with Crippen molar-refractivity contribution in [2.75, 3.05) is 0 Å². The van der Waals surface area contributed by atoms with Gasteiger partial charge in [-0.3, -0.25) is 10.2 Å². The van der Waals surface area contributed by atoms with E-state index in [1.807, 2.05) is 0 Å². The molecule has 1 aliphatic carbocycles. The largest absolute Gasteiger partial charge is 0.442 e. The number of hydrogen-bond acceptors (Lipinski definition) is 5. The number of hydrogen-bond donors (Lipinski definition) is 1. The van der Waals surface area contributed by atoms with Crippen LogP contribution in [0.2, 0.25) is 0 Å². The van der Waals surface area contributed by atoms with Crippen molar-refractivity contribution in [3.8, 4) is 0 Å². The summed E-state index contributed by atoms with van der Waals surface area (Å²) in [5.74, 6) is -3.15. The van der Waals surface area contributed by atoms with Crippen molar-refractivity contribution in [1.82, 2.24) is 10.4 Å². The fourth-order valence-corrected chi connectivity index (χ4v) is 5.07. The van der Waals surface area contributed by atoms with Gasteiger partial charge in [-0.25, -0.2) is 4.79 Å². The van der Waals surface area contributed by atoms with Crippen LogP contribution in [0, 0.1) is 11.8 Å². The number of allylic oxidation sites excluding steroid dienone is 8. The fourth-order valence-electron chi connectivity index (χ4n) is 4.23. The van der Waals surface area contributed by atoms with Gasteiger partial charge in [0.2, 0.25) is 11.5 Å². The Bertz CT molecular complexity index is 1280. The monoisotopic (exact) mass is 693 g/mol. The minimum absolute atomic E-state index is 0.00310. The summed E-state index contributed by atoms with van der Waals surface area (Å²) in [6.07, 6.45) is -6.29. The number of rotatable bonds is 8. The van der Waals surface area contributed by atoms with Crippen molar-refractivity contribution in [1.29, 1.82) is 0 Å². The molecule has 0 saturated carbocycles. The number of nitrogens with one attached hydrogen (secondary N) is 1. The third-order valence-electron chi connectivity index (χ3n) is 6.28. The van der Waals surface area contributed by atoms with Gasteiger partial charge < -0.3 is 9.57 Å². The molecule has 0 aromatic rings. The molecule has 3 atom stereocenters. The number of oxime groups is 1. The smallest absolute Gasteiger partial charge is 0.434 e. The molecule has 16 heteroatoms. The predicted octanol–water partition coefficient (Wildman–Crippen LogP) is 9.16. The Morgan fingerprint density at radius 2 is 1.82 bits per heavy atom. The van der Waals surface area contributed by atoms with E-state index in [9.17, 15) is 35.9 Å². The van der Waals surface area contributed by atoms with Crippen LogP contribution < -0.4 is 5.43 Å². The molecule has 2 amide bonds. The van der Waals surface area contributed by atoms with Crippen molar-refractivity contribution in [2.24, 2.45) is 17.0 Å². The maximum absolute atomic E-state index is 14.6. The molecule has 1 heterocycles. The summed E-state index contributed by atoms with van der Waals surface area (Å²) in [6, 6.07) is 0. The van der Waals surface area contributed by atoms with Gasteiger partial charge in [-0.1, -0.05) is 59.0 Å². The third kappa shape index (κ3) is 10.2. The lowest BCUT2D eigenvalue weighted by molar-refractivity contribution is -0.286. The van der Waals surface area contributed by atoms with Gasteiger partial charge in [0.25, 0.3) is 0 Å². The first kappa shape index (κ1) is 37.5. The Balaban J connectivity index is 2.47. The Morgan fingerprint density at radius 3 is 2.36 bits per heavy atom. The second-order valence-corrected chi connectivity index (χ2v) is 12.3. The molecule has 3 unspecified atom stereocenters.